The third-order valence-electron chi connectivity index (χ3n) is 3.15. The fraction of sp³-hybridized carbons (Fsp3) is 0.429. The van der Waals surface area contributed by atoms with Crippen LogP contribution in [0.5, 0.6) is 0 Å². The number of hydrogen-bond donors (Lipinski definition) is 1. The van der Waals surface area contributed by atoms with Crippen LogP contribution >= 0.6 is 0 Å². The van der Waals surface area contributed by atoms with Gasteiger partial charge in [-0.25, -0.2) is 0 Å². The van der Waals surface area contributed by atoms with Gasteiger partial charge in [0.05, 0.1) is 18.2 Å². The van der Waals surface area contributed by atoms with Crippen molar-refractivity contribution >= 4 is 16.8 Å². The van der Waals surface area contributed by atoms with E-state index in [1.165, 1.54) is 12.0 Å². The molecular formula is C14H19N3O3. The Bertz CT molecular complexity index is 609. The Morgan fingerprint density at radius 1 is 1.50 bits per heavy atom. The zero-order valence-corrected chi connectivity index (χ0v) is 11.9. The van der Waals surface area contributed by atoms with Gasteiger partial charge in [0.2, 0.25) is 0 Å². The molecule has 1 atom stereocenters. The Hall–Kier alpha value is -1.92. The molecule has 1 heterocycles. The summed E-state index contributed by atoms with van der Waals surface area (Å²) in [5, 5.41) is 14.8. The molecule has 6 nitrogen and oxygen atoms in total. The largest absolute Gasteiger partial charge is 0.389 e. The van der Waals surface area contributed by atoms with Gasteiger partial charge in [0.25, 0.3) is 5.91 Å². The SMILES string of the molecule is COCC(O)CN(C)C(=O)c1nn(C)c2ccccc12. The fourth-order valence-corrected chi connectivity index (χ4v) is 2.20. The zero-order valence-electron chi connectivity index (χ0n) is 11.9. The summed E-state index contributed by atoms with van der Waals surface area (Å²) in [6, 6.07) is 7.57. The number of aliphatic hydroxyl groups is 1. The first-order chi connectivity index (χ1) is 9.54. The van der Waals surface area contributed by atoms with Crippen LogP contribution in [0.25, 0.3) is 10.9 Å². The molecule has 0 fully saturated rings. The highest BCUT2D eigenvalue weighted by Crippen LogP contribution is 2.18. The van der Waals surface area contributed by atoms with E-state index in [0.29, 0.717) is 5.69 Å². The van der Waals surface area contributed by atoms with Crippen LogP contribution in [0.1, 0.15) is 10.5 Å². The third kappa shape index (κ3) is 2.81. The molecule has 20 heavy (non-hydrogen) atoms. The van der Waals surface area contributed by atoms with Crippen molar-refractivity contribution in [2.24, 2.45) is 7.05 Å². The highest BCUT2D eigenvalue weighted by molar-refractivity contribution is 6.04. The molecular weight excluding hydrogens is 258 g/mol. The average Bonchev–Trinajstić information content (AvgIpc) is 2.76. The molecule has 0 aliphatic heterocycles. The Morgan fingerprint density at radius 3 is 2.90 bits per heavy atom. The lowest BCUT2D eigenvalue weighted by atomic mass is 10.2. The van der Waals surface area contributed by atoms with Crippen molar-refractivity contribution in [1.29, 1.82) is 0 Å². The number of aromatic nitrogens is 2. The second-order valence-electron chi connectivity index (χ2n) is 4.78. The second kappa shape index (κ2) is 6.02. The van der Waals surface area contributed by atoms with Crippen LogP contribution in [0.4, 0.5) is 0 Å². The Balaban J connectivity index is 2.23. The summed E-state index contributed by atoms with van der Waals surface area (Å²) in [6.45, 7) is 0.401. The first-order valence-electron chi connectivity index (χ1n) is 6.38. The second-order valence-corrected chi connectivity index (χ2v) is 4.78. The number of benzene rings is 1. The molecule has 0 saturated carbocycles. The molecule has 108 valence electrons. The average molecular weight is 277 g/mol. The molecule has 1 unspecified atom stereocenters. The Labute approximate surface area is 117 Å². The summed E-state index contributed by atoms with van der Waals surface area (Å²) in [7, 11) is 4.96. The number of aliphatic hydroxyl groups excluding tert-OH is 1. The van der Waals surface area contributed by atoms with Gasteiger partial charge in [0.1, 0.15) is 0 Å². The topological polar surface area (TPSA) is 67.6 Å². The van der Waals surface area contributed by atoms with E-state index < -0.39 is 6.10 Å². The summed E-state index contributed by atoms with van der Waals surface area (Å²) >= 11 is 0. The van der Waals surface area contributed by atoms with Crippen molar-refractivity contribution < 1.29 is 14.6 Å². The molecule has 1 N–H and O–H groups in total. The number of fused-ring (bicyclic) bond motifs is 1. The molecule has 0 radical (unpaired) electrons. The standard InChI is InChI=1S/C14H19N3O3/c1-16(8-10(18)9-20-3)14(19)13-11-6-4-5-7-12(11)17(2)15-13/h4-7,10,18H,8-9H2,1-3H3. The highest BCUT2D eigenvalue weighted by atomic mass is 16.5. The molecule has 0 bridgehead atoms. The number of carbonyl (C=O) groups is 1. The lowest BCUT2D eigenvalue weighted by Gasteiger charge is -2.19. The number of aryl methyl sites for hydroxylation is 1. The quantitative estimate of drug-likeness (QED) is 0.871. The molecule has 0 saturated heterocycles. The summed E-state index contributed by atoms with van der Waals surface area (Å²) in [5.74, 6) is -0.211. The first-order valence-corrected chi connectivity index (χ1v) is 6.38. The predicted octanol–water partition coefficient (Wildman–Crippen LogP) is 0.653. The third-order valence-corrected chi connectivity index (χ3v) is 3.15. The summed E-state index contributed by atoms with van der Waals surface area (Å²) < 4.78 is 6.54. The van der Waals surface area contributed by atoms with Crippen LogP contribution < -0.4 is 0 Å². The van der Waals surface area contributed by atoms with Gasteiger partial charge in [-0.1, -0.05) is 18.2 Å². The minimum atomic E-state index is -0.705. The van der Waals surface area contributed by atoms with E-state index in [0.717, 1.165) is 10.9 Å². The summed E-state index contributed by atoms with van der Waals surface area (Å²) in [4.78, 5) is 13.9. The van der Waals surface area contributed by atoms with Gasteiger partial charge in [-0.3, -0.25) is 9.48 Å². The highest BCUT2D eigenvalue weighted by Gasteiger charge is 2.21. The molecule has 2 aromatic rings. The van der Waals surface area contributed by atoms with E-state index in [2.05, 4.69) is 5.10 Å². The van der Waals surface area contributed by atoms with Crippen molar-refractivity contribution in [2.45, 2.75) is 6.10 Å². The molecule has 0 aliphatic carbocycles. The lowest BCUT2D eigenvalue weighted by molar-refractivity contribution is 0.0378. The van der Waals surface area contributed by atoms with Crippen LogP contribution in [0.2, 0.25) is 0 Å². The minimum absolute atomic E-state index is 0.195. The number of para-hydroxylation sites is 1. The number of likely N-dealkylation sites (N-methyl/N-ethyl adjacent to an activating group) is 1. The van der Waals surface area contributed by atoms with Gasteiger partial charge >= 0.3 is 0 Å². The summed E-state index contributed by atoms with van der Waals surface area (Å²) in [6.07, 6.45) is -0.705. The lowest BCUT2D eigenvalue weighted by Crippen LogP contribution is -2.36. The Morgan fingerprint density at radius 2 is 2.20 bits per heavy atom. The van der Waals surface area contributed by atoms with Crippen LogP contribution in [0, 0.1) is 0 Å². The van der Waals surface area contributed by atoms with Crippen LogP contribution in [0.15, 0.2) is 24.3 Å². The molecule has 2 rings (SSSR count). The van der Waals surface area contributed by atoms with Crippen molar-refractivity contribution in [3.05, 3.63) is 30.0 Å². The van der Waals surface area contributed by atoms with E-state index in [1.807, 2.05) is 24.3 Å². The summed E-state index contributed by atoms with van der Waals surface area (Å²) in [5.41, 5.74) is 1.30. The van der Waals surface area contributed by atoms with Crippen LogP contribution in [0.3, 0.4) is 0 Å². The van der Waals surface area contributed by atoms with Crippen molar-refractivity contribution in [3.8, 4) is 0 Å². The number of nitrogens with zero attached hydrogens (tertiary/aromatic N) is 3. The van der Waals surface area contributed by atoms with Gasteiger partial charge < -0.3 is 14.7 Å². The van der Waals surface area contributed by atoms with Gasteiger partial charge in [-0.05, 0) is 6.07 Å². The monoisotopic (exact) mass is 277 g/mol. The number of ether oxygens (including phenoxy) is 1. The van der Waals surface area contributed by atoms with Gasteiger partial charge in [0, 0.05) is 33.1 Å². The van der Waals surface area contributed by atoms with E-state index in [4.69, 9.17) is 4.74 Å². The number of amides is 1. The normalized spacial score (nSPS) is 12.6. The van der Waals surface area contributed by atoms with Crippen molar-refractivity contribution in [3.63, 3.8) is 0 Å². The maximum Gasteiger partial charge on any atom is 0.274 e. The molecule has 1 aromatic heterocycles. The van der Waals surface area contributed by atoms with Gasteiger partial charge in [-0.15, -0.1) is 0 Å². The maximum atomic E-state index is 12.4. The van der Waals surface area contributed by atoms with Crippen molar-refractivity contribution in [2.75, 3.05) is 27.3 Å². The molecule has 0 aliphatic rings. The Kier molecular flexibility index (Phi) is 4.36. The maximum absolute atomic E-state index is 12.4. The molecule has 0 spiro atoms. The van der Waals surface area contributed by atoms with Crippen molar-refractivity contribution in [1.82, 2.24) is 14.7 Å². The van der Waals surface area contributed by atoms with E-state index >= 15 is 0 Å². The van der Waals surface area contributed by atoms with Crippen LogP contribution in [-0.2, 0) is 11.8 Å². The number of hydrogen-bond acceptors (Lipinski definition) is 4. The van der Waals surface area contributed by atoms with E-state index in [-0.39, 0.29) is 19.1 Å². The number of carbonyl (C=O) groups excluding carboxylic acids is 1. The number of rotatable bonds is 5. The van der Waals surface area contributed by atoms with E-state index in [9.17, 15) is 9.90 Å². The van der Waals surface area contributed by atoms with Crippen LogP contribution in [-0.4, -0.2) is 59.1 Å². The molecule has 1 aromatic carbocycles. The minimum Gasteiger partial charge on any atom is -0.389 e. The number of methoxy groups -OCH3 is 1. The van der Waals surface area contributed by atoms with Gasteiger partial charge in [-0.2, -0.15) is 5.10 Å². The molecule has 6 heteroatoms. The molecule has 1 amide bonds. The zero-order chi connectivity index (χ0) is 14.7. The predicted molar refractivity (Wildman–Crippen MR) is 75.6 cm³/mol. The van der Waals surface area contributed by atoms with Gasteiger partial charge in [0.15, 0.2) is 5.69 Å². The smallest absolute Gasteiger partial charge is 0.274 e. The van der Waals surface area contributed by atoms with E-state index in [1.54, 1.807) is 18.8 Å². The first kappa shape index (κ1) is 14.5. The fourth-order valence-electron chi connectivity index (χ4n) is 2.20.